The molecule has 1 aromatic heterocycles. The van der Waals surface area contributed by atoms with Crippen LogP contribution in [0.25, 0.3) is 0 Å². The highest BCUT2D eigenvalue weighted by molar-refractivity contribution is 7.15. The van der Waals surface area contributed by atoms with Crippen LogP contribution in [-0.2, 0) is 15.0 Å². The van der Waals surface area contributed by atoms with Gasteiger partial charge in [0.15, 0.2) is 0 Å². The Labute approximate surface area is 180 Å². The molecule has 0 saturated carbocycles. The maximum Gasteiger partial charge on any atom is 0.226 e. The van der Waals surface area contributed by atoms with Crippen LogP contribution in [0.2, 0.25) is 5.02 Å². The topological polar surface area (TPSA) is 78.4 Å². The van der Waals surface area contributed by atoms with Crippen LogP contribution in [0, 0.1) is 0 Å². The van der Waals surface area contributed by atoms with E-state index >= 15 is 0 Å². The first kappa shape index (κ1) is 21.5. The van der Waals surface area contributed by atoms with Gasteiger partial charge in [-0.2, -0.15) is 0 Å². The lowest BCUT2D eigenvalue weighted by Gasteiger charge is -2.36. The van der Waals surface area contributed by atoms with E-state index in [1.54, 1.807) is 0 Å². The van der Waals surface area contributed by atoms with Crippen molar-refractivity contribution >= 4 is 45.6 Å². The highest BCUT2D eigenvalue weighted by atomic mass is 35.5. The predicted molar refractivity (Wildman–Crippen MR) is 117 cm³/mol. The van der Waals surface area contributed by atoms with E-state index in [1.807, 2.05) is 49.9 Å². The van der Waals surface area contributed by atoms with Crippen LogP contribution >= 0.6 is 22.9 Å². The van der Waals surface area contributed by atoms with Crippen LogP contribution in [0.4, 0.5) is 10.8 Å². The molecule has 1 aliphatic rings. The fourth-order valence-electron chi connectivity index (χ4n) is 3.02. The second kappa shape index (κ2) is 9.09. The molecule has 2 aromatic rings. The summed E-state index contributed by atoms with van der Waals surface area (Å²) in [7, 11) is 0. The Hall–Kier alpha value is -2.19. The number of hydrogen-bond acceptors (Lipinski definition) is 6. The second-order valence-electron chi connectivity index (χ2n) is 8.06. The van der Waals surface area contributed by atoms with E-state index < -0.39 is 0 Å². The molecule has 0 atom stereocenters. The summed E-state index contributed by atoms with van der Waals surface area (Å²) in [6.45, 7) is 8.91. The largest absolute Gasteiger partial charge is 0.368 e. The molecule has 1 aliphatic heterocycles. The van der Waals surface area contributed by atoms with E-state index in [0.29, 0.717) is 23.2 Å². The Balaban J connectivity index is 1.43. The number of benzene rings is 1. The third kappa shape index (κ3) is 5.90. The normalized spacial score (nSPS) is 14.8. The minimum atomic E-state index is -0.215. The van der Waals surface area contributed by atoms with Crippen molar-refractivity contribution in [1.82, 2.24) is 15.1 Å². The predicted octanol–water partition coefficient (Wildman–Crippen LogP) is 3.56. The van der Waals surface area contributed by atoms with Crippen molar-refractivity contribution in [3.8, 4) is 0 Å². The van der Waals surface area contributed by atoms with Crippen molar-refractivity contribution in [1.29, 1.82) is 0 Å². The number of nitrogens with zero attached hydrogens (tertiary/aromatic N) is 4. The summed E-state index contributed by atoms with van der Waals surface area (Å²) in [6, 6.07) is 7.73. The molecule has 7 nitrogen and oxygen atoms in total. The smallest absolute Gasteiger partial charge is 0.226 e. The maximum absolute atomic E-state index is 12.5. The Morgan fingerprint density at radius 2 is 1.86 bits per heavy atom. The molecule has 0 bridgehead atoms. The molecule has 1 N–H and O–H groups in total. The lowest BCUT2D eigenvalue weighted by molar-refractivity contribution is -0.133. The van der Waals surface area contributed by atoms with E-state index in [9.17, 15) is 9.59 Å². The van der Waals surface area contributed by atoms with Gasteiger partial charge in [0.2, 0.25) is 16.9 Å². The van der Waals surface area contributed by atoms with Gasteiger partial charge in [-0.25, -0.2) is 0 Å². The summed E-state index contributed by atoms with van der Waals surface area (Å²) in [5, 5.41) is 12.9. The van der Waals surface area contributed by atoms with Gasteiger partial charge >= 0.3 is 0 Å². The fourth-order valence-corrected chi connectivity index (χ4v) is 4.03. The second-order valence-corrected chi connectivity index (χ2v) is 9.47. The van der Waals surface area contributed by atoms with Crippen LogP contribution in [0.5, 0.6) is 0 Å². The van der Waals surface area contributed by atoms with Gasteiger partial charge in [0.05, 0.1) is 0 Å². The molecule has 3 rings (SSSR count). The van der Waals surface area contributed by atoms with Gasteiger partial charge in [0.25, 0.3) is 0 Å². The zero-order chi connectivity index (χ0) is 21.0. The van der Waals surface area contributed by atoms with Crippen molar-refractivity contribution in [2.45, 2.75) is 39.0 Å². The van der Waals surface area contributed by atoms with E-state index in [4.69, 9.17) is 11.6 Å². The Morgan fingerprint density at radius 1 is 1.14 bits per heavy atom. The average molecular weight is 436 g/mol. The van der Waals surface area contributed by atoms with Gasteiger partial charge in [-0.05, 0) is 18.2 Å². The number of carbonyl (C=O) groups excluding carboxylic acids is 2. The van der Waals surface area contributed by atoms with E-state index in [1.165, 1.54) is 11.3 Å². The summed E-state index contributed by atoms with van der Waals surface area (Å²) in [5.41, 5.74) is 0.958. The number of halogens is 1. The molecule has 0 spiro atoms. The van der Waals surface area contributed by atoms with Crippen molar-refractivity contribution in [2.75, 3.05) is 36.4 Å². The van der Waals surface area contributed by atoms with Crippen molar-refractivity contribution < 1.29 is 9.59 Å². The highest BCUT2D eigenvalue weighted by Crippen LogP contribution is 2.27. The minimum absolute atomic E-state index is 0.00135. The fraction of sp³-hybridized carbons (Fsp3) is 0.500. The van der Waals surface area contributed by atoms with Gasteiger partial charge in [-0.1, -0.05) is 49.8 Å². The van der Waals surface area contributed by atoms with Crippen LogP contribution in [0.3, 0.4) is 0 Å². The van der Waals surface area contributed by atoms with Crippen molar-refractivity contribution in [2.24, 2.45) is 0 Å². The monoisotopic (exact) mass is 435 g/mol. The third-order valence-corrected chi connectivity index (χ3v) is 6.18. The Bertz CT molecular complexity index is 872. The van der Waals surface area contributed by atoms with E-state index in [2.05, 4.69) is 20.4 Å². The average Bonchev–Trinajstić information content (AvgIpc) is 3.15. The van der Waals surface area contributed by atoms with Crippen LogP contribution in [0.1, 0.15) is 38.6 Å². The quantitative estimate of drug-likeness (QED) is 0.776. The third-order valence-electron chi connectivity index (χ3n) is 4.68. The van der Waals surface area contributed by atoms with Gasteiger partial charge in [-0.3, -0.25) is 9.59 Å². The number of aromatic nitrogens is 2. The number of carbonyl (C=O) groups is 2. The van der Waals surface area contributed by atoms with Gasteiger partial charge < -0.3 is 15.1 Å². The molecule has 156 valence electrons. The standard InChI is InChI=1S/C20H26ClN5O2S/c1-20(2,3)18-23-24-19(29-18)22-16(27)7-8-17(28)26-11-9-25(10-12-26)15-6-4-5-14(21)13-15/h4-6,13H,7-12H2,1-3H3,(H,22,24,27). The zero-order valence-corrected chi connectivity index (χ0v) is 18.5. The van der Waals surface area contributed by atoms with E-state index in [0.717, 1.165) is 23.8 Å². The molecular formula is C20H26ClN5O2S. The molecule has 0 radical (unpaired) electrons. The number of anilines is 2. The first-order chi connectivity index (χ1) is 13.7. The Kier molecular flexibility index (Phi) is 6.74. The van der Waals surface area contributed by atoms with Gasteiger partial charge in [-0.15, -0.1) is 10.2 Å². The van der Waals surface area contributed by atoms with Gasteiger partial charge in [0, 0.05) is 55.1 Å². The van der Waals surface area contributed by atoms with Gasteiger partial charge in [0.1, 0.15) is 5.01 Å². The SMILES string of the molecule is CC(C)(C)c1nnc(NC(=O)CCC(=O)N2CCN(c3cccc(Cl)c3)CC2)s1. The summed E-state index contributed by atoms with van der Waals surface area (Å²) >= 11 is 7.42. The minimum Gasteiger partial charge on any atom is -0.368 e. The lowest BCUT2D eigenvalue weighted by atomic mass is 9.98. The summed E-state index contributed by atoms with van der Waals surface area (Å²) < 4.78 is 0. The van der Waals surface area contributed by atoms with E-state index in [-0.39, 0.29) is 30.1 Å². The van der Waals surface area contributed by atoms with Crippen molar-refractivity contribution in [3.05, 3.63) is 34.3 Å². The summed E-state index contributed by atoms with van der Waals surface area (Å²) in [4.78, 5) is 28.7. The summed E-state index contributed by atoms with van der Waals surface area (Å²) in [6.07, 6.45) is 0.325. The molecule has 1 saturated heterocycles. The van der Waals surface area contributed by atoms with Crippen LogP contribution in [-0.4, -0.2) is 53.1 Å². The maximum atomic E-state index is 12.5. The summed E-state index contributed by atoms with van der Waals surface area (Å²) in [5.74, 6) is -0.217. The zero-order valence-electron chi connectivity index (χ0n) is 16.9. The molecule has 0 aliphatic carbocycles. The van der Waals surface area contributed by atoms with Crippen molar-refractivity contribution in [3.63, 3.8) is 0 Å². The molecule has 2 amide bonds. The molecule has 9 heteroatoms. The van der Waals surface area contributed by atoms with Crippen LogP contribution < -0.4 is 10.2 Å². The molecular weight excluding hydrogens is 410 g/mol. The molecule has 0 unspecified atom stereocenters. The molecule has 2 heterocycles. The Morgan fingerprint density at radius 3 is 2.48 bits per heavy atom. The number of amides is 2. The number of piperazine rings is 1. The van der Waals surface area contributed by atoms with Crippen LogP contribution in [0.15, 0.2) is 24.3 Å². The molecule has 1 aromatic carbocycles. The highest BCUT2D eigenvalue weighted by Gasteiger charge is 2.23. The number of nitrogens with one attached hydrogen (secondary N) is 1. The first-order valence-corrected chi connectivity index (χ1v) is 10.8. The number of rotatable bonds is 5. The molecule has 29 heavy (non-hydrogen) atoms. The number of hydrogen-bond donors (Lipinski definition) is 1. The first-order valence-electron chi connectivity index (χ1n) is 9.64. The lowest BCUT2D eigenvalue weighted by Crippen LogP contribution is -2.48. The molecule has 1 fully saturated rings.